The molecule has 2 aromatic carbocycles. The maximum atomic E-state index is 12.1. The Hall–Kier alpha value is -4.07. The molecule has 0 saturated carbocycles. The van der Waals surface area contributed by atoms with Crippen molar-refractivity contribution < 1.29 is 28.6 Å². The van der Waals surface area contributed by atoms with Crippen LogP contribution in [-0.4, -0.2) is 47.4 Å². The average molecular weight is 450 g/mol. The zero-order valence-corrected chi connectivity index (χ0v) is 19.2. The zero-order chi connectivity index (χ0) is 24.2. The van der Waals surface area contributed by atoms with Gasteiger partial charge in [0.05, 0.1) is 30.9 Å². The van der Waals surface area contributed by atoms with E-state index >= 15 is 0 Å². The lowest BCUT2D eigenvalue weighted by Crippen LogP contribution is -2.26. The summed E-state index contributed by atoms with van der Waals surface area (Å²) < 4.78 is 16.0. The Balaban J connectivity index is 0.000000203. The predicted octanol–water partition coefficient (Wildman–Crippen LogP) is 5.17. The van der Waals surface area contributed by atoms with Gasteiger partial charge in [0.25, 0.3) is 0 Å². The minimum atomic E-state index is -0.576. The van der Waals surface area contributed by atoms with Gasteiger partial charge in [-0.3, -0.25) is 4.57 Å². The van der Waals surface area contributed by atoms with Crippen molar-refractivity contribution in [2.75, 3.05) is 14.2 Å². The number of H-pyrrole nitrogens is 1. The average Bonchev–Trinajstić information content (AvgIpc) is 3.43. The number of methoxy groups -OCH3 is 2. The highest BCUT2D eigenvalue weighted by Crippen LogP contribution is 2.20. The summed E-state index contributed by atoms with van der Waals surface area (Å²) in [4.78, 5) is 37.8. The fourth-order valence-electron chi connectivity index (χ4n) is 3.14. The summed E-state index contributed by atoms with van der Waals surface area (Å²) in [5, 5.41) is 1.94. The molecule has 8 nitrogen and oxygen atoms in total. The Morgan fingerprint density at radius 3 is 2.03 bits per heavy atom. The molecule has 172 valence electrons. The van der Waals surface area contributed by atoms with Crippen molar-refractivity contribution in [3.63, 3.8) is 0 Å². The lowest BCUT2D eigenvalue weighted by Gasteiger charge is -2.19. The zero-order valence-electron chi connectivity index (χ0n) is 19.2. The molecule has 0 bridgehead atoms. The van der Waals surface area contributed by atoms with Crippen molar-refractivity contribution in [3.8, 4) is 0 Å². The molecule has 0 unspecified atom stereocenters. The molecular weight excluding hydrogens is 424 g/mol. The minimum absolute atomic E-state index is 0.309. The summed E-state index contributed by atoms with van der Waals surface area (Å²) in [5.41, 5.74) is 1.94. The van der Waals surface area contributed by atoms with E-state index in [0.29, 0.717) is 16.6 Å². The van der Waals surface area contributed by atoms with E-state index in [1.807, 2.05) is 18.3 Å². The van der Waals surface area contributed by atoms with Gasteiger partial charge in [0.2, 0.25) is 0 Å². The summed E-state index contributed by atoms with van der Waals surface area (Å²) >= 11 is 0. The predicted molar refractivity (Wildman–Crippen MR) is 125 cm³/mol. The molecule has 0 spiro atoms. The lowest BCUT2D eigenvalue weighted by atomic mass is 10.1. The maximum absolute atomic E-state index is 12.1. The van der Waals surface area contributed by atoms with E-state index in [4.69, 9.17) is 4.74 Å². The van der Waals surface area contributed by atoms with Crippen LogP contribution in [0.25, 0.3) is 21.8 Å². The van der Waals surface area contributed by atoms with E-state index in [0.717, 1.165) is 16.3 Å². The number of carbonyl (C=O) groups excluding carboxylic acids is 3. The minimum Gasteiger partial charge on any atom is -0.465 e. The summed E-state index contributed by atoms with van der Waals surface area (Å²) in [7, 11) is 2.70. The van der Waals surface area contributed by atoms with E-state index in [1.54, 1.807) is 63.4 Å². The van der Waals surface area contributed by atoms with Gasteiger partial charge in [0.15, 0.2) is 0 Å². The first kappa shape index (κ1) is 23.6. The van der Waals surface area contributed by atoms with Gasteiger partial charge in [-0.25, -0.2) is 14.4 Å². The number of fused-ring (bicyclic) bond motifs is 2. The Morgan fingerprint density at radius 1 is 0.818 bits per heavy atom. The number of nitrogens with one attached hydrogen (secondary N) is 1. The van der Waals surface area contributed by atoms with Crippen LogP contribution in [0.1, 0.15) is 41.5 Å². The first-order valence-corrected chi connectivity index (χ1v) is 10.2. The Kier molecular flexibility index (Phi) is 6.86. The van der Waals surface area contributed by atoms with Gasteiger partial charge in [-0.2, -0.15) is 0 Å². The third-order valence-corrected chi connectivity index (χ3v) is 4.68. The van der Waals surface area contributed by atoms with Crippen LogP contribution >= 0.6 is 0 Å². The van der Waals surface area contributed by atoms with Crippen LogP contribution < -0.4 is 0 Å². The Morgan fingerprint density at radius 2 is 1.42 bits per heavy atom. The molecule has 0 aliphatic rings. The molecule has 0 amide bonds. The molecule has 0 radical (unpaired) electrons. The normalized spacial score (nSPS) is 10.9. The van der Waals surface area contributed by atoms with Crippen molar-refractivity contribution in [1.82, 2.24) is 9.55 Å². The largest absolute Gasteiger partial charge is 0.465 e. The molecule has 2 aromatic heterocycles. The third-order valence-electron chi connectivity index (χ3n) is 4.68. The van der Waals surface area contributed by atoms with Gasteiger partial charge in [0.1, 0.15) is 5.60 Å². The molecule has 0 aliphatic carbocycles. The quantitative estimate of drug-likeness (QED) is 0.334. The molecule has 0 saturated heterocycles. The van der Waals surface area contributed by atoms with Crippen molar-refractivity contribution in [1.29, 1.82) is 0 Å². The smallest absolute Gasteiger partial charge is 0.418 e. The van der Waals surface area contributed by atoms with E-state index < -0.39 is 17.7 Å². The second-order valence-corrected chi connectivity index (χ2v) is 8.20. The lowest BCUT2D eigenvalue weighted by molar-refractivity contribution is 0.0540. The van der Waals surface area contributed by atoms with E-state index in [1.165, 1.54) is 18.8 Å². The number of carbonyl (C=O) groups is 3. The monoisotopic (exact) mass is 450 g/mol. The van der Waals surface area contributed by atoms with Crippen LogP contribution in [-0.2, 0) is 14.2 Å². The molecule has 2 heterocycles. The fraction of sp³-hybridized carbons (Fsp3) is 0.240. The third kappa shape index (κ3) is 5.60. The van der Waals surface area contributed by atoms with E-state index in [2.05, 4.69) is 14.5 Å². The molecule has 4 rings (SSSR count). The molecule has 33 heavy (non-hydrogen) atoms. The van der Waals surface area contributed by atoms with Crippen LogP contribution in [0.3, 0.4) is 0 Å². The number of hydrogen-bond acceptors (Lipinski definition) is 6. The Bertz CT molecular complexity index is 1310. The van der Waals surface area contributed by atoms with Gasteiger partial charge in [-0.05, 0) is 62.6 Å². The SMILES string of the molecule is COC(=O)c1ccc2cc[nH]c2c1.COC(=O)c1ccc2ccn(C(=O)OC(C)(C)C)c2c1. The highest BCUT2D eigenvalue weighted by molar-refractivity contribution is 5.97. The van der Waals surface area contributed by atoms with Crippen LogP contribution in [0.5, 0.6) is 0 Å². The van der Waals surface area contributed by atoms with Gasteiger partial charge < -0.3 is 19.2 Å². The van der Waals surface area contributed by atoms with Crippen LogP contribution in [0.15, 0.2) is 60.9 Å². The summed E-state index contributed by atoms with van der Waals surface area (Å²) in [6, 6.07) is 14.2. The van der Waals surface area contributed by atoms with Crippen LogP contribution in [0.4, 0.5) is 4.79 Å². The van der Waals surface area contributed by atoms with Crippen molar-refractivity contribution >= 4 is 39.8 Å². The molecule has 0 fully saturated rings. The molecule has 1 N–H and O–H groups in total. The van der Waals surface area contributed by atoms with Gasteiger partial charge >= 0.3 is 18.0 Å². The van der Waals surface area contributed by atoms with Gasteiger partial charge in [0, 0.05) is 23.3 Å². The van der Waals surface area contributed by atoms with Crippen molar-refractivity contribution in [3.05, 3.63) is 72.1 Å². The number of ether oxygens (including phenoxy) is 3. The number of aromatic nitrogens is 2. The summed E-state index contributed by atoms with van der Waals surface area (Å²) in [5.74, 6) is -0.750. The van der Waals surface area contributed by atoms with Crippen LogP contribution in [0.2, 0.25) is 0 Å². The van der Waals surface area contributed by atoms with E-state index in [9.17, 15) is 14.4 Å². The van der Waals surface area contributed by atoms with Crippen molar-refractivity contribution in [2.45, 2.75) is 26.4 Å². The molecular formula is C25H26N2O6. The molecule has 0 aliphatic heterocycles. The first-order valence-electron chi connectivity index (χ1n) is 10.2. The second-order valence-electron chi connectivity index (χ2n) is 8.20. The topological polar surface area (TPSA) is 99.6 Å². The number of aromatic amines is 1. The maximum Gasteiger partial charge on any atom is 0.418 e. The summed E-state index contributed by atoms with van der Waals surface area (Å²) in [6.07, 6.45) is 2.99. The van der Waals surface area contributed by atoms with Gasteiger partial charge in [-0.1, -0.05) is 12.1 Å². The second kappa shape index (κ2) is 9.60. The molecule has 4 aromatic rings. The fourth-order valence-corrected chi connectivity index (χ4v) is 3.14. The number of rotatable bonds is 2. The molecule has 8 heteroatoms. The van der Waals surface area contributed by atoms with Crippen molar-refractivity contribution in [2.24, 2.45) is 0 Å². The van der Waals surface area contributed by atoms with E-state index in [-0.39, 0.29) is 5.97 Å². The number of esters is 2. The Labute approximate surface area is 191 Å². The number of hydrogen-bond donors (Lipinski definition) is 1. The number of benzene rings is 2. The highest BCUT2D eigenvalue weighted by Gasteiger charge is 2.19. The summed E-state index contributed by atoms with van der Waals surface area (Å²) in [6.45, 7) is 5.41. The standard InChI is InChI=1S/C15H17NO4.C10H9NO2/c1-15(2,3)20-14(18)16-8-7-10-5-6-11(9-12(10)16)13(17)19-4;1-13-10(12)8-3-2-7-4-5-11-9(7)6-8/h5-9H,1-4H3;2-6,11H,1H3. The first-order chi connectivity index (χ1) is 15.6. The number of nitrogens with zero attached hydrogens (tertiary/aromatic N) is 1. The highest BCUT2D eigenvalue weighted by atomic mass is 16.6. The van der Waals surface area contributed by atoms with Crippen LogP contribution in [0, 0.1) is 0 Å². The van der Waals surface area contributed by atoms with Gasteiger partial charge in [-0.15, -0.1) is 0 Å². The molecule has 0 atom stereocenters.